The van der Waals surface area contributed by atoms with Crippen LogP contribution in [-0.4, -0.2) is 26.8 Å². The monoisotopic (exact) mass is 259 g/mol. The maximum Gasteiger partial charge on any atom is 0.248 e. The molecular formula is C12H13N5O2. The molecule has 1 aromatic heterocycles. The summed E-state index contributed by atoms with van der Waals surface area (Å²) in [6, 6.07) is 6.34. The van der Waals surface area contributed by atoms with E-state index in [0.717, 1.165) is 5.69 Å². The summed E-state index contributed by atoms with van der Waals surface area (Å²) in [5.74, 6) is -0.725. The molecule has 0 aliphatic rings. The van der Waals surface area contributed by atoms with E-state index in [-0.39, 0.29) is 12.5 Å². The van der Waals surface area contributed by atoms with E-state index in [1.165, 1.54) is 4.68 Å². The Morgan fingerprint density at radius 2 is 2.00 bits per heavy atom. The fourth-order valence-corrected chi connectivity index (χ4v) is 1.52. The average molecular weight is 259 g/mol. The molecule has 0 fully saturated rings. The maximum atomic E-state index is 11.8. The Morgan fingerprint density at radius 1 is 1.32 bits per heavy atom. The molecule has 2 amide bonds. The topological polar surface area (TPSA) is 103 Å². The number of carbonyl (C=O) groups is 2. The van der Waals surface area contributed by atoms with Crippen molar-refractivity contribution >= 4 is 17.5 Å². The number of amides is 2. The second kappa shape index (κ2) is 5.30. The van der Waals surface area contributed by atoms with Crippen molar-refractivity contribution in [3.8, 4) is 0 Å². The molecule has 7 nitrogen and oxygen atoms in total. The lowest BCUT2D eigenvalue weighted by Gasteiger charge is -2.06. The normalized spacial score (nSPS) is 10.2. The van der Waals surface area contributed by atoms with Gasteiger partial charge < -0.3 is 11.1 Å². The molecule has 0 atom stereocenters. The third-order valence-corrected chi connectivity index (χ3v) is 2.56. The minimum absolute atomic E-state index is 0.0867. The van der Waals surface area contributed by atoms with Crippen LogP contribution in [0.2, 0.25) is 0 Å². The second-order valence-electron chi connectivity index (χ2n) is 4.02. The number of aryl methyl sites for hydroxylation is 1. The van der Waals surface area contributed by atoms with Crippen LogP contribution in [0.4, 0.5) is 5.69 Å². The molecule has 0 spiro atoms. The molecule has 98 valence electrons. The van der Waals surface area contributed by atoms with E-state index < -0.39 is 5.91 Å². The number of carbonyl (C=O) groups excluding carboxylic acids is 2. The Kier molecular flexibility index (Phi) is 3.56. The van der Waals surface area contributed by atoms with E-state index in [4.69, 9.17) is 5.73 Å². The van der Waals surface area contributed by atoms with Gasteiger partial charge in [-0.2, -0.15) is 0 Å². The SMILES string of the molecule is Cc1cnnn1CC(=O)Nc1ccc(C(N)=O)cc1. The van der Waals surface area contributed by atoms with Crippen molar-refractivity contribution in [2.45, 2.75) is 13.5 Å². The highest BCUT2D eigenvalue weighted by atomic mass is 16.2. The number of hydrogen-bond acceptors (Lipinski definition) is 4. The zero-order chi connectivity index (χ0) is 13.8. The predicted octanol–water partition coefficient (Wildman–Crippen LogP) is 0.324. The summed E-state index contributed by atoms with van der Waals surface area (Å²) >= 11 is 0. The minimum Gasteiger partial charge on any atom is -0.366 e. The van der Waals surface area contributed by atoms with Crippen LogP contribution < -0.4 is 11.1 Å². The van der Waals surface area contributed by atoms with Crippen molar-refractivity contribution in [1.82, 2.24) is 15.0 Å². The molecule has 0 aliphatic carbocycles. The Morgan fingerprint density at radius 3 is 2.53 bits per heavy atom. The first kappa shape index (κ1) is 12.7. The van der Waals surface area contributed by atoms with Crippen LogP contribution in [0.25, 0.3) is 0 Å². The predicted molar refractivity (Wildman–Crippen MR) is 68.3 cm³/mol. The van der Waals surface area contributed by atoms with Crippen LogP contribution in [0.5, 0.6) is 0 Å². The van der Waals surface area contributed by atoms with Crippen LogP contribution in [0.1, 0.15) is 16.1 Å². The van der Waals surface area contributed by atoms with Gasteiger partial charge in [0, 0.05) is 11.3 Å². The van der Waals surface area contributed by atoms with Gasteiger partial charge in [-0.05, 0) is 31.2 Å². The number of primary amides is 1. The zero-order valence-corrected chi connectivity index (χ0v) is 10.3. The number of nitrogens with one attached hydrogen (secondary N) is 1. The largest absolute Gasteiger partial charge is 0.366 e. The average Bonchev–Trinajstić information content (AvgIpc) is 2.75. The number of hydrogen-bond donors (Lipinski definition) is 2. The molecule has 0 aliphatic heterocycles. The molecule has 1 aromatic carbocycles. The van der Waals surface area contributed by atoms with Gasteiger partial charge in [-0.1, -0.05) is 5.21 Å². The van der Waals surface area contributed by atoms with Gasteiger partial charge in [0.2, 0.25) is 11.8 Å². The van der Waals surface area contributed by atoms with Crippen molar-refractivity contribution in [2.75, 3.05) is 5.32 Å². The molecule has 0 bridgehead atoms. The first-order valence-corrected chi connectivity index (χ1v) is 5.61. The Hall–Kier alpha value is -2.70. The molecule has 0 saturated heterocycles. The summed E-state index contributed by atoms with van der Waals surface area (Å²) in [6.07, 6.45) is 1.58. The molecule has 3 N–H and O–H groups in total. The third kappa shape index (κ3) is 3.15. The fraction of sp³-hybridized carbons (Fsp3) is 0.167. The van der Waals surface area contributed by atoms with E-state index in [1.54, 1.807) is 30.5 Å². The van der Waals surface area contributed by atoms with Gasteiger partial charge in [-0.15, -0.1) is 5.10 Å². The van der Waals surface area contributed by atoms with Crippen LogP contribution in [0.3, 0.4) is 0 Å². The van der Waals surface area contributed by atoms with Gasteiger partial charge in [-0.3, -0.25) is 9.59 Å². The Labute approximate surface area is 109 Å². The lowest BCUT2D eigenvalue weighted by Crippen LogP contribution is -2.20. The Balaban J connectivity index is 1.99. The van der Waals surface area contributed by atoms with Gasteiger partial charge in [0.05, 0.1) is 11.9 Å². The highest BCUT2D eigenvalue weighted by molar-refractivity contribution is 5.94. The molecule has 7 heteroatoms. The zero-order valence-electron chi connectivity index (χ0n) is 10.3. The van der Waals surface area contributed by atoms with Crippen molar-refractivity contribution in [3.63, 3.8) is 0 Å². The van der Waals surface area contributed by atoms with E-state index in [0.29, 0.717) is 11.3 Å². The fourth-order valence-electron chi connectivity index (χ4n) is 1.52. The number of rotatable bonds is 4. The summed E-state index contributed by atoms with van der Waals surface area (Å²) in [7, 11) is 0. The molecule has 0 saturated carbocycles. The second-order valence-corrected chi connectivity index (χ2v) is 4.02. The van der Waals surface area contributed by atoms with Gasteiger partial charge in [0.1, 0.15) is 6.54 Å². The Bertz CT molecular complexity index is 603. The van der Waals surface area contributed by atoms with E-state index >= 15 is 0 Å². The van der Waals surface area contributed by atoms with Crippen molar-refractivity contribution in [1.29, 1.82) is 0 Å². The van der Waals surface area contributed by atoms with Crippen molar-refractivity contribution in [3.05, 3.63) is 41.7 Å². The summed E-state index contributed by atoms with van der Waals surface area (Å²) in [5.41, 5.74) is 6.92. The van der Waals surface area contributed by atoms with Crippen LogP contribution in [0.15, 0.2) is 30.5 Å². The van der Waals surface area contributed by atoms with Crippen molar-refractivity contribution < 1.29 is 9.59 Å². The van der Waals surface area contributed by atoms with E-state index in [2.05, 4.69) is 15.6 Å². The molecular weight excluding hydrogens is 246 g/mol. The number of nitrogens with two attached hydrogens (primary N) is 1. The first-order valence-electron chi connectivity index (χ1n) is 5.61. The lowest BCUT2D eigenvalue weighted by atomic mass is 10.2. The van der Waals surface area contributed by atoms with Gasteiger partial charge in [0.15, 0.2) is 0 Å². The highest BCUT2D eigenvalue weighted by Gasteiger charge is 2.07. The van der Waals surface area contributed by atoms with Crippen LogP contribution in [0, 0.1) is 6.92 Å². The number of anilines is 1. The molecule has 0 unspecified atom stereocenters. The lowest BCUT2D eigenvalue weighted by molar-refractivity contribution is -0.117. The molecule has 2 rings (SSSR count). The summed E-state index contributed by atoms with van der Waals surface area (Å²) in [5, 5.41) is 10.2. The van der Waals surface area contributed by atoms with Crippen LogP contribution in [-0.2, 0) is 11.3 Å². The highest BCUT2D eigenvalue weighted by Crippen LogP contribution is 2.09. The van der Waals surface area contributed by atoms with Crippen LogP contribution >= 0.6 is 0 Å². The summed E-state index contributed by atoms with van der Waals surface area (Å²) < 4.78 is 1.49. The number of aromatic nitrogens is 3. The molecule has 2 aromatic rings. The van der Waals surface area contributed by atoms with Gasteiger partial charge in [0.25, 0.3) is 0 Å². The van der Waals surface area contributed by atoms with E-state index in [1.807, 2.05) is 6.92 Å². The standard InChI is InChI=1S/C12H13N5O2/c1-8-6-14-16-17(8)7-11(18)15-10-4-2-9(3-5-10)12(13)19/h2-6H,7H2,1H3,(H2,13,19)(H,15,18). The smallest absolute Gasteiger partial charge is 0.248 e. The van der Waals surface area contributed by atoms with E-state index in [9.17, 15) is 9.59 Å². The van der Waals surface area contributed by atoms with Gasteiger partial charge >= 0.3 is 0 Å². The summed E-state index contributed by atoms with van der Waals surface area (Å²) in [4.78, 5) is 22.7. The minimum atomic E-state index is -0.504. The number of nitrogens with zero attached hydrogens (tertiary/aromatic N) is 3. The number of benzene rings is 1. The third-order valence-electron chi connectivity index (χ3n) is 2.56. The maximum absolute atomic E-state index is 11.8. The summed E-state index contributed by atoms with van der Waals surface area (Å²) in [6.45, 7) is 1.90. The molecule has 0 radical (unpaired) electrons. The molecule has 1 heterocycles. The van der Waals surface area contributed by atoms with Crippen molar-refractivity contribution in [2.24, 2.45) is 5.73 Å². The first-order chi connectivity index (χ1) is 9.06. The molecule has 19 heavy (non-hydrogen) atoms. The van der Waals surface area contributed by atoms with Gasteiger partial charge in [-0.25, -0.2) is 4.68 Å². The quantitative estimate of drug-likeness (QED) is 0.825.